The second-order valence-electron chi connectivity index (χ2n) is 5.43. The minimum atomic E-state index is -0.887. The molecule has 0 aromatic heterocycles. The highest BCUT2D eigenvalue weighted by Gasteiger charge is 2.26. The van der Waals surface area contributed by atoms with E-state index in [-0.39, 0.29) is 30.5 Å². The molecule has 0 bridgehead atoms. The summed E-state index contributed by atoms with van der Waals surface area (Å²) in [6.45, 7) is 3.82. The van der Waals surface area contributed by atoms with Crippen molar-refractivity contribution >= 4 is 23.8 Å². The molecule has 0 aliphatic heterocycles. The third kappa shape index (κ3) is 5.72. The first kappa shape index (κ1) is 16.1. The molecule has 19 heavy (non-hydrogen) atoms. The van der Waals surface area contributed by atoms with E-state index in [2.05, 4.69) is 16.9 Å². The molecule has 110 valence electrons. The predicted molar refractivity (Wildman–Crippen MR) is 77.5 cm³/mol. The van der Waals surface area contributed by atoms with Crippen LogP contribution in [0.5, 0.6) is 0 Å². The lowest BCUT2D eigenvalue weighted by atomic mass is 10.0. The molecule has 1 aliphatic rings. The largest absolute Gasteiger partial charge is 0.481 e. The average molecular weight is 288 g/mol. The van der Waals surface area contributed by atoms with E-state index < -0.39 is 5.97 Å². The highest BCUT2D eigenvalue weighted by atomic mass is 32.2. The second-order valence-corrected chi connectivity index (χ2v) is 6.57. The Bertz CT molecular complexity index is 323. The summed E-state index contributed by atoms with van der Waals surface area (Å²) >= 11 is 1.84. The number of carbonyl (C=O) groups is 2. The molecule has 0 aromatic rings. The molecule has 3 N–H and O–H groups in total. The SMILES string of the molecule is CSC1CCC(NC(=O)NC(CC(=O)O)C(C)C)C1. The van der Waals surface area contributed by atoms with E-state index in [1.54, 1.807) is 0 Å². The van der Waals surface area contributed by atoms with Gasteiger partial charge in [0.2, 0.25) is 0 Å². The molecular formula is C13H24N2O3S. The Labute approximate surface area is 118 Å². The fourth-order valence-corrected chi connectivity index (χ4v) is 3.12. The van der Waals surface area contributed by atoms with Gasteiger partial charge in [-0.05, 0) is 31.4 Å². The lowest BCUT2D eigenvalue weighted by Crippen LogP contribution is -2.48. The van der Waals surface area contributed by atoms with Gasteiger partial charge in [-0.1, -0.05) is 13.8 Å². The summed E-state index contributed by atoms with van der Waals surface area (Å²) in [4.78, 5) is 22.6. The van der Waals surface area contributed by atoms with Crippen molar-refractivity contribution in [1.82, 2.24) is 10.6 Å². The van der Waals surface area contributed by atoms with E-state index in [1.165, 1.54) is 0 Å². The highest BCUT2D eigenvalue weighted by Crippen LogP contribution is 2.28. The minimum Gasteiger partial charge on any atom is -0.481 e. The number of nitrogens with one attached hydrogen (secondary N) is 2. The molecule has 2 amide bonds. The summed E-state index contributed by atoms with van der Waals surface area (Å²) in [5.41, 5.74) is 0. The molecule has 3 atom stereocenters. The Morgan fingerprint density at radius 3 is 2.53 bits per heavy atom. The van der Waals surface area contributed by atoms with Crippen molar-refractivity contribution in [1.29, 1.82) is 0 Å². The number of carboxylic acids is 1. The smallest absolute Gasteiger partial charge is 0.315 e. The van der Waals surface area contributed by atoms with Gasteiger partial charge in [-0.2, -0.15) is 11.8 Å². The van der Waals surface area contributed by atoms with Crippen LogP contribution in [-0.2, 0) is 4.79 Å². The van der Waals surface area contributed by atoms with Crippen LogP contribution in [0, 0.1) is 5.92 Å². The van der Waals surface area contributed by atoms with Crippen LogP contribution in [0.1, 0.15) is 39.5 Å². The lowest BCUT2D eigenvalue weighted by molar-refractivity contribution is -0.137. The molecule has 0 aromatic carbocycles. The van der Waals surface area contributed by atoms with Crippen LogP contribution in [0.2, 0.25) is 0 Å². The summed E-state index contributed by atoms with van der Waals surface area (Å²) < 4.78 is 0. The maximum absolute atomic E-state index is 11.9. The van der Waals surface area contributed by atoms with Crippen LogP contribution in [0.4, 0.5) is 4.79 Å². The average Bonchev–Trinajstić information content (AvgIpc) is 2.75. The quantitative estimate of drug-likeness (QED) is 0.699. The molecule has 0 spiro atoms. The van der Waals surface area contributed by atoms with Gasteiger partial charge in [0.05, 0.1) is 6.42 Å². The van der Waals surface area contributed by atoms with E-state index in [0.29, 0.717) is 5.25 Å². The van der Waals surface area contributed by atoms with Gasteiger partial charge in [-0.25, -0.2) is 4.79 Å². The van der Waals surface area contributed by atoms with Crippen LogP contribution in [0.3, 0.4) is 0 Å². The zero-order chi connectivity index (χ0) is 14.4. The number of hydrogen-bond acceptors (Lipinski definition) is 3. The van der Waals surface area contributed by atoms with Crippen molar-refractivity contribution in [3.05, 3.63) is 0 Å². The number of hydrogen-bond donors (Lipinski definition) is 3. The third-order valence-corrected chi connectivity index (χ3v) is 4.66. The Kier molecular flexibility index (Phi) is 6.48. The zero-order valence-electron chi connectivity index (χ0n) is 11.8. The number of carbonyl (C=O) groups excluding carboxylic acids is 1. The van der Waals surface area contributed by atoms with Crippen molar-refractivity contribution in [2.45, 2.75) is 56.9 Å². The first-order chi connectivity index (χ1) is 8.92. The van der Waals surface area contributed by atoms with Crippen LogP contribution in [0.15, 0.2) is 0 Å². The van der Waals surface area contributed by atoms with Crippen LogP contribution in [-0.4, -0.2) is 40.7 Å². The van der Waals surface area contributed by atoms with Crippen LogP contribution < -0.4 is 10.6 Å². The molecule has 1 rings (SSSR count). The molecule has 5 nitrogen and oxygen atoms in total. The van der Waals surface area contributed by atoms with Gasteiger partial charge in [0.15, 0.2) is 0 Å². The number of aliphatic carboxylic acids is 1. The minimum absolute atomic E-state index is 0.0385. The summed E-state index contributed by atoms with van der Waals surface area (Å²) in [5, 5.41) is 15.2. The molecule has 0 radical (unpaired) electrons. The first-order valence-corrected chi connectivity index (χ1v) is 8.02. The van der Waals surface area contributed by atoms with E-state index in [4.69, 9.17) is 5.11 Å². The van der Waals surface area contributed by atoms with E-state index in [1.807, 2.05) is 25.6 Å². The topological polar surface area (TPSA) is 78.4 Å². The maximum Gasteiger partial charge on any atom is 0.315 e. The maximum atomic E-state index is 11.9. The normalized spacial score (nSPS) is 24.2. The molecule has 1 aliphatic carbocycles. The predicted octanol–water partition coefficient (Wildman–Crippen LogP) is 2.07. The van der Waals surface area contributed by atoms with Crippen molar-refractivity contribution in [2.75, 3.05) is 6.26 Å². The van der Waals surface area contributed by atoms with E-state index in [0.717, 1.165) is 19.3 Å². The Balaban J connectivity index is 2.38. The van der Waals surface area contributed by atoms with Gasteiger partial charge in [0, 0.05) is 17.3 Å². The van der Waals surface area contributed by atoms with Crippen LogP contribution >= 0.6 is 11.8 Å². The second kappa shape index (κ2) is 7.62. The standard InChI is InChI=1S/C13H24N2O3S/c1-8(2)11(7-12(16)17)15-13(18)14-9-4-5-10(6-9)19-3/h8-11H,4-7H2,1-3H3,(H,16,17)(H2,14,15,18). The Hall–Kier alpha value is -0.910. The van der Waals surface area contributed by atoms with Crippen molar-refractivity contribution < 1.29 is 14.7 Å². The van der Waals surface area contributed by atoms with Gasteiger partial charge in [0.1, 0.15) is 0 Å². The van der Waals surface area contributed by atoms with E-state index in [9.17, 15) is 9.59 Å². The van der Waals surface area contributed by atoms with Crippen molar-refractivity contribution in [3.63, 3.8) is 0 Å². The monoisotopic (exact) mass is 288 g/mol. The Morgan fingerprint density at radius 1 is 1.37 bits per heavy atom. The van der Waals surface area contributed by atoms with Gasteiger partial charge in [-0.15, -0.1) is 0 Å². The molecule has 1 fully saturated rings. The molecule has 0 heterocycles. The third-order valence-electron chi connectivity index (χ3n) is 3.57. The van der Waals surface area contributed by atoms with E-state index >= 15 is 0 Å². The number of amides is 2. The summed E-state index contributed by atoms with van der Waals surface area (Å²) in [6, 6.07) is -0.350. The highest BCUT2D eigenvalue weighted by molar-refractivity contribution is 7.99. The van der Waals surface area contributed by atoms with Crippen molar-refractivity contribution in [2.24, 2.45) is 5.92 Å². The lowest BCUT2D eigenvalue weighted by Gasteiger charge is -2.22. The van der Waals surface area contributed by atoms with Gasteiger partial charge in [-0.3, -0.25) is 4.79 Å². The molecule has 3 unspecified atom stereocenters. The number of rotatable bonds is 6. The number of urea groups is 1. The number of thioether (sulfide) groups is 1. The fraction of sp³-hybridized carbons (Fsp3) is 0.846. The summed E-state index contributed by atoms with van der Waals surface area (Å²) in [6.07, 6.45) is 5.19. The molecule has 1 saturated carbocycles. The molecular weight excluding hydrogens is 264 g/mol. The Morgan fingerprint density at radius 2 is 2.05 bits per heavy atom. The van der Waals surface area contributed by atoms with Gasteiger partial charge < -0.3 is 15.7 Å². The van der Waals surface area contributed by atoms with Crippen molar-refractivity contribution in [3.8, 4) is 0 Å². The van der Waals surface area contributed by atoms with Gasteiger partial charge in [0.25, 0.3) is 0 Å². The van der Waals surface area contributed by atoms with Gasteiger partial charge >= 0.3 is 12.0 Å². The first-order valence-electron chi connectivity index (χ1n) is 6.74. The molecule has 0 saturated heterocycles. The summed E-state index contributed by atoms with van der Waals surface area (Å²) in [5.74, 6) is -0.785. The number of carboxylic acid groups (broad SMARTS) is 1. The summed E-state index contributed by atoms with van der Waals surface area (Å²) in [7, 11) is 0. The zero-order valence-corrected chi connectivity index (χ0v) is 12.6. The molecule has 6 heteroatoms. The fourth-order valence-electron chi connectivity index (χ4n) is 2.32. The van der Waals surface area contributed by atoms with Crippen LogP contribution in [0.25, 0.3) is 0 Å².